The highest BCUT2D eigenvalue weighted by Crippen LogP contribution is 2.38. The van der Waals surface area contributed by atoms with E-state index in [-0.39, 0.29) is 5.75 Å². The van der Waals surface area contributed by atoms with Crippen molar-refractivity contribution in [2.24, 2.45) is 5.10 Å². The topological polar surface area (TPSA) is 82.0 Å². The number of hydrogen-bond acceptors (Lipinski definition) is 7. The van der Waals surface area contributed by atoms with Crippen molar-refractivity contribution in [3.05, 3.63) is 53.2 Å². The van der Waals surface area contributed by atoms with Gasteiger partial charge in [0.25, 0.3) is 0 Å². The van der Waals surface area contributed by atoms with Gasteiger partial charge in [0, 0.05) is 29.1 Å². The maximum Gasteiger partial charge on any atom is 0.308 e. The Morgan fingerprint density at radius 1 is 1.14 bits per heavy atom. The minimum absolute atomic E-state index is 0.222. The van der Waals surface area contributed by atoms with Crippen molar-refractivity contribution >= 4 is 40.4 Å². The average molecular weight is 400 g/mol. The van der Waals surface area contributed by atoms with E-state index in [0.717, 1.165) is 16.6 Å². The summed E-state index contributed by atoms with van der Waals surface area (Å²) in [5.41, 5.74) is 5.24. The van der Waals surface area contributed by atoms with Gasteiger partial charge in [-0.05, 0) is 36.4 Å². The van der Waals surface area contributed by atoms with E-state index in [1.165, 1.54) is 21.1 Å². The molecule has 1 aromatic heterocycles. The second kappa shape index (κ2) is 8.58. The van der Waals surface area contributed by atoms with E-state index >= 15 is 0 Å². The number of methoxy groups -OCH3 is 2. The van der Waals surface area contributed by atoms with E-state index in [1.54, 1.807) is 36.7 Å². The number of pyridine rings is 1. The molecule has 0 bridgehead atoms. The van der Waals surface area contributed by atoms with Gasteiger partial charge in [0.1, 0.15) is 0 Å². The second-order valence-electron chi connectivity index (χ2n) is 5.74. The molecule has 0 amide bonds. The van der Waals surface area contributed by atoms with Crippen molar-refractivity contribution in [1.29, 1.82) is 0 Å². The van der Waals surface area contributed by atoms with Gasteiger partial charge < -0.3 is 14.2 Å². The first-order chi connectivity index (χ1) is 13.5. The molecule has 0 unspecified atom stereocenters. The van der Waals surface area contributed by atoms with Crippen molar-refractivity contribution in [2.75, 3.05) is 19.6 Å². The molecule has 0 aliphatic rings. The Kier molecular flexibility index (Phi) is 5.96. The van der Waals surface area contributed by atoms with E-state index < -0.39 is 5.97 Å². The first-order valence-electron chi connectivity index (χ1n) is 8.29. The zero-order valence-electron chi connectivity index (χ0n) is 15.5. The fourth-order valence-corrected chi connectivity index (χ4v) is 2.78. The van der Waals surface area contributed by atoms with Crippen LogP contribution in [0.5, 0.6) is 17.2 Å². The van der Waals surface area contributed by atoms with Crippen LogP contribution in [0.4, 0.5) is 5.69 Å². The Morgan fingerprint density at radius 3 is 2.50 bits per heavy atom. The van der Waals surface area contributed by atoms with Crippen LogP contribution in [0.25, 0.3) is 10.9 Å². The molecule has 0 aliphatic carbocycles. The van der Waals surface area contributed by atoms with Gasteiger partial charge in [-0.25, -0.2) is 0 Å². The molecule has 0 aliphatic heterocycles. The smallest absolute Gasteiger partial charge is 0.308 e. The van der Waals surface area contributed by atoms with Gasteiger partial charge in [-0.1, -0.05) is 11.6 Å². The van der Waals surface area contributed by atoms with Crippen LogP contribution < -0.4 is 19.6 Å². The van der Waals surface area contributed by atoms with Crippen molar-refractivity contribution in [3.63, 3.8) is 0 Å². The van der Waals surface area contributed by atoms with Crippen LogP contribution >= 0.6 is 11.6 Å². The largest absolute Gasteiger partial charge is 0.493 e. The van der Waals surface area contributed by atoms with Gasteiger partial charge in [-0.3, -0.25) is 15.2 Å². The number of hydrazone groups is 1. The molecule has 0 spiro atoms. The lowest BCUT2D eigenvalue weighted by Crippen LogP contribution is -2.05. The number of carbonyl (C=O) groups excluding carboxylic acids is 1. The van der Waals surface area contributed by atoms with E-state index in [2.05, 4.69) is 15.5 Å². The predicted octanol–water partition coefficient (Wildman–Crippen LogP) is 4.28. The van der Waals surface area contributed by atoms with Crippen LogP contribution in [0.1, 0.15) is 12.5 Å². The lowest BCUT2D eigenvalue weighted by atomic mass is 10.2. The van der Waals surface area contributed by atoms with Gasteiger partial charge >= 0.3 is 5.97 Å². The molecule has 0 saturated heterocycles. The average Bonchev–Trinajstić information content (AvgIpc) is 2.68. The molecule has 3 rings (SSSR count). The Morgan fingerprint density at radius 2 is 1.86 bits per heavy atom. The molecule has 0 fully saturated rings. The molecule has 2 aromatic carbocycles. The SMILES string of the molecule is COc1cc(/C=N\Nc2ccnc3cc(Cl)ccc23)cc(OC)c1OC(C)=O. The lowest BCUT2D eigenvalue weighted by molar-refractivity contribution is -0.132. The molecular weight excluding hydrogens is 382 g/mol. The van der Waals surface area contributed by atoms with E-state index in [9.17, 15) is 4.79 Å². The Hall–Kier alpha value is -3.32. The molecule has 0 saturated carbocycles. The van der Waals surface area contributed by atoms with Crippen LogP contribution in [0.15, 0.2) is 47.7 Å². The van der Waals surface area contributed by atoms with Crippen molar-refractivity contribution in [3.8, 4) is 17.2 Å². The van der Waals surface area contributed by atoms with Crippen LogP contribution in [-0.2, 0) is 4.79 Å². The highest BCUT2D eigenvalue weighted by atomic mass is 35.5. The number of rotatable bonds is 6. The molecule has 3 aromatic rings. The summed E-state index contributed by atoms with van der Waals surface area (Å²) in [7, 11) is 2.96. The third-order valence-electron chi connectivity index (χ3n) is 3.83. The molecule has 0 radical (unpaired) electrons. The van der Waals surface area contributed by atoms with E-state index in [1.807, 2.05) is 12.1 Å². The summed E-state index contributed by atoms with van der Waals surface area (Å²) in [5, 5.41) is 5.78. The number of ether oxygens (including phenoxy) is 3. The number of carbonyl (C=O) groups is 1. The zero-order valence-corrected chi connectivity index (χ0v) is 16.3. The van der Waals surface area contributed by atoms with Gasteiger partial charge in [0.15, 0.2) is 11.5 Å². The number of halogens is 1. The molecule has 1 heterocycles. The van der Waals surface area contributed by atoms with Crippen molar-refractivity contribution in [2.45, 2.75) is 6.92 Å². The van der Waals surface area contributed by atoms with Crippen LogP contribution in [0.3, 0.4) is 0 Å². The summed E-state index contributed by atoms with van der Waals surface area (Å²) in [6.07, 6.45) is 3.28. The molecular formula is C20H18ClN3O4. The number of anilines is 1. The summed E-state index contributed by atoms with van der Waals surface area (Å²) < 4.78 is 15.8. The molecule has 1 N–H and O–H groups in total. The molecule has 7 nitrogen and oxygen atoms in total. The van der Waals surface area contributed by atoms with Gasteiger partial charge in [0.05, 0.1) is 31.6 Å². The fourth-order valence-electron chi connectivity index (χ4n) is 2.61. The van der Waals surface area contributed by atoms with Gasteiger partial charge in [0.2, 0.25) is 5.75 Å². The maximum absolute atomic E-state index is 11.3. The number of nitrogens with zero attached hydrogens (tertiary/aromatic N) is 2. The summed E-state index contributed by atoms with van der Waals surface area (Å²) in [6.45, 7) is 1.31. The lowest BCUT2D eigenvalue weighted by Gasteiger charge is -2.13. The zero-order chi connectivity index (χ0) is 20.1. The summed E-state index contributed by atoms with van der Waals surface area (Å²) in [5.74, 6) is 0.476. The number of hydrogen-bond donors (Lipinski definition) is 1. The summed E-state index contributed by atoms with van der Waals surface area (Å²) in [4.78, 5) is 15.6. The fraction of sp³-hybridized carbons (Fsp3) is 0.150. The van der Waals surface area contributed by atoms with Gasteiger partial charge in [-0.2, -0.15) is 5.10 Å². The number of aromatic nitrogens is 1. The molecule has 28 heavy (non-hydrogen) atoms. The van der Waals surface area contributed by atoms with E-state index in [0.29, 0.717) is 22.1 Å². The van der Waals surface area contributed by atoms with E-state index in [4.69, 9.17) is 25.8 Å². The van der Waals surface area contributed by atoms with Crippen molar-refractivity contribution < 1.29 is 19.0 Å². The Bertz CT molecular complexity index is 1030. The van der Waals surface area contributed by atoms with Crippen LogP contribution in [-0.4, -0.2) is 31.4 Å². The summed E-state index contributed by atoms with van der Waals surface area (Å²) >= 11 is 6.01. The third-order valence-corrected chi connectivity index (χ3v) is 4.07. The standard InChI is InChI=1S/C20H18ClN3O4/c1-12(25)28-20-18(26-2)8-13(9-19(20)27-3)11-23-24-16-6-7-22-17-10-14(21)4-5-15(16)17/h4-11H,1-3H3,(H,22,24)/b23-11-. The monoisotopic (exact) mass is 399 g/mol. The second-order valence-corrected chi connectivity index (χ2v) is 6.17. The molecule has 0 atom stereocenters. The highest BCUT2D eigenvalue weighted by Gasteiger charge is 2.15. The first-order valence-corrected chi connectivity index (χ1v) is 8.67. The van der Waals surface area contributed by atoms with Crippen LogP contribution in [0.2, 0.25) is 5.02 Å². The number of fused-ring (bicyclic) bond motifs is 1. The minimum atomic E-state index is -0.468. The first kappa shape index (κ1) is 19.4. The van der Waals surface area contributed by atoms with Crippen LogP contribution in [0, 0.1) is 0 Å². The quantitative estimate of drug-likeness (QED) is 0.288. The van der Waals surface area contributed by atoms with Gasteiger partial charge in [-0.15, -0.1) is 0 Å². The number of benzene rings is 2. The highest BCUT2D eigenvalue weighted by molar-refractivity contribution is 6.31. The molecule has 144 valence electrons. The normalized spacial score (nSPS) is 10.9. The molecule has 8 heteroatoms. The minimum Gasteiger partial charge on any atom is -0.493 e. The number of esters is 1. The predicted molar refractivity (Wildman–Crippen MR) is 109 cm³/mol. The third kappa shape index (κ3) is 4.32. The summed E-state index contributed by atoms with van der Waals surface area (Å²) in [6, 6.07) is 10.7. The maximum atomic E-state index is 11.3. The number of nitrogens with one attached hydrogen (secondary N) is 1. The van der Waals surface area contributed by atoms with Crippen molar-refractivity contribution in [1.82, 2.24) is 4.98 Å². The Labute approximate surface area is 166 Å². The Balaban J connectivity index is 1.88.